The molecule has 1 rings (SSSR count). The highest BCUT2D eigenvalue weighted by molar-refractivity contribution is 6.56. The molecule has 0 radical (unpaired) electrons. The second-order valence-electron chi connectivity index (χ2n) is 3.47. The predicted octanol–water partition coefficient (Wildman–Crippen LogP) is 1.92. The lowest BCUT2D eigenvalue weighted by Crippen LogP contribution is -2.53. The van der Waals surface area contributed by atoms with Gasteiger partial charge < -0.3 is 18.3 Å². The standard InChI is InChI=1S/C9H15BF2N2/c1-5-13-10(11,12)14-8(3)6-7(2)9(14)4/h6,13H,4-5H2,1-3H3. The van der Waals surface area contributed by atoms with Crippen LogP contribution < -0.4 is 5.23 Å². The lowest BCUT2D eigenvalue weighted by Gasteiger charge is -2.21. The molecule has 0 bridgehead atoms. The summed E-state index contributed by atoms with van der Waals surface area (Å²) >= 11 is 0. The minimum absolute atomic E-state index is 0.239. The van der Waals surface area contributed by atoms with Crippen LogP contribution >= 0.6 is 0 Å². The van der Waals surface area contributed by atoms with Gasteiger partial charge in [-0.3, -0.25) is 0 Å². The normalized spacial score (nSPS) is 17.8. The number of nitrogens with zero attached hydrogens (tertiary/aromatic N) is 1. The molecule has 0 unspecified atom stereocenters. The lowest BCUT2D eigenvalue weighted by molar-refractivity contribution is -0.362. The fraction of sp³-hybridized carbons (Fsp3) is 0.444. The molecule has 14 heavy (non-hydrogen) atoms. The highest BCUT2D eigenvalue weighted by Gasteiger charge is 2.45. The number of hydrogen-bond acceptors (Lipinski definition) is 1. The highest BCUT2D eigenvalue weighted by atomic mass is 19.2. The van der Waals surface area contributed by atoms with Crippen molar-refractivity contribution in [2.24, 2.45) is 0 Å². The zero-order valence-electron chi connectivity index (χ0n) is 8.77. The van der Waals surface area contributed by atoms with Gasteiger partial charge in [0, 0.05) is 18.6 Å². The summed E-state index contributed by atoms with van der Waals surface area (Å²) < 4.78 is 28.1. The van der Waals surface area contributed by atoms with Crippen molar-refractivity contribution in [3.05, 3.63) is 23.9 Å². The van der Waals surface area contributed by atoms with Gasteiger partial charge >= 0.3 is 6.97 Å². The third kappa shape index (κ3) is 1.77. The van der Waals surface area contributed by atoms with E-state index in [1.807, 2.05) is 0 Å². The average molecular weight is 200 g/mol. The van der Waals surface area contributed by atoms with Crippen molar-refractivity contribution in [3.8, 4) is 0 Å². The molecular formula is C9H15BF2N2. The van der Waals surface area contributed by atoms with E-state index in [0.29, 0.717) is 11.4 Å². The zero-order chi connectivity index (χ0) is 10.9. The highest BCUT2D eigenvalue weighted by Crippen LogP contribution is 2.22. The summed E-state index contributed by atoms with van der Waals surface area (Å²) in [4.78, 5) is 0. The second kappa shape index (κ2) is 3.65. The van der Waals surface area contributed by atoms with Crippen LogP contribution in [0.2, 0.25) is 0 Å². The van der Waals surface area contributed by atoms with Crippen molar-refractivity contribution < 1.29 is 13.1 Å². The summed E-state index contributed by atoms with van der Waals surface area (Å²) in [5.74, 6) is 0. The van der Waals surface area contributed by atoms with Crippen molar-refractivity contribution in [2.75, 3.05) is 6.54 Å². The van der Waals surface area contributed by atoms with Gasteiger partial charge in [-0.2, -0.15) is 0 Å². The van der Waals surface area contributed by atoms with Crippen LogP contribution in [0, 0.1) is 0 Å². The molecular weight excluding hydrogens is 185 g/mol. The second-order valence-corrected chi connectivity index (χ2v) is 3.47. The van der Waals surface area contributed by atoms with Gasteiger partial charge in [0.2, 0.25) is 0 Å². The topological polar surface area (TPSA) is 15.0 Å². The quantitative estimate of drug-likeness (QED) is 0.687. The molecule has 0 spiro atoms. The van der Waals surface area contributed by atoms with Crippen LogP contribution in [0.15, 0.2) is 23.9 Å². The van der Waals surface area contributed by atoms with Crippen LogP contribution in [0.25, 0.3) is 0 Å². The van der Waals surface area contributed by atoms with E-state index >= 15 is 0 Å². The van der Waals surface area contributed by atoms with Gasteiger partial charge in [-0.1, -0.05) is 6.92 Å². The van der Waals surface area contributed by atoms with Crippen molar-refractivity contribution >= 4 is 12.7 Å². The van der Waals surface area contributed by atoms with Gasteiger partial charge in [0.1, 0.15) is 5.71 Å². The smallest absolute Gasteiger partial charge is 0.396 e. The molecule has 78 valence electrons. The van der Waals surface area contributed by atoms with E-state index in [9.17, 15) is 8.63 Å². The maximum Gasteiger partial charge on any atom is 0.700 e. The SMILES string of the molecule is C=C1C(C)=CC(C)=[N+]1[B-](F)(F)NCC. The van der Waals surface area contributed by atoms with Gasteiger partial charge in [0.15, 0.2) is 5.70 Å². The Hall–Kier alpha value is -0.965. The van der Waals surface area contributed by atoms with Crippen LogP contribution in [-0.4, -0.2) is 23.7 Å². The molecule has 0 saturated heterocycles. The molecule has 0 aliphatic carbocycles. The summed E-state index contributed by atoms with van der Waals surface area (Å²) in [6.45, 7) is 5.26. The molecule has 1 heterocycles. The Bertz CT molecular complexity index is 332. The molecule has 1 N–H and O–H groups in total. The Morgan fingerprint density at radius 3 is 2.43 bits per heavy atom. The van der Waals surface area contributed by atoms with Crippen molar-refractivity contribution in [1.82, 2.24) is 5.23 Å². The van der Waals surface area contributed by atoms with Crippen LogP contribution in [0.4, 0.5) is 8.63 Å². The molecule has 0 aromatic rings. The molecule has 0 fully saturated rings. The number of nitrogens with one attached hydrogen (secondary N) is 1. The molecule has 1 aliphatic rings. The molecule has 0 aromatic carbocycles. The van der Waals surface area contributed by atoms with Crippen LogP contribution in [-0.2, 0) is 0 Å². The predicted molar refractivity (Wildman–Crippen MR) is 55.5 cm³/mol. The molecule has 2 nitrogen and oxygen atoms in total. The van der Waals surface area contributed by atoms with Crippen molar-refractivity contribution in [1.29, 1.82) is 0 Å². The Morgan fingerprint density at radius 1 is 1.50 bits per heavy atom. The van der Waals surface area contributed by atoms with Gasteiger partial charge in [0.25, 0.3) is 0 Å². The van der Waals surface area contributed by atoms with Crippen LogP contribution in [0.5, 0.6) is 0 Å². The Labute approximate surface area is 83.1 Å². The maximum absolute atomic E-state index is 13.6. The van der Waals surface area contributed by atoms with Gasteiger partial charge in [-0.15, -0.1) is 0 Å². The Kier molecular flexibility index (Phi) is 2.90. The zero-order valence-corrected chi connectivity index (χ0v) is 8.77. The average Bonchev–Trinajstić information content (AvgIpc) is 2.26. The van der Waals surface area contributed by atoms with E-state index < -0.39 is 6.97 Å². The van der Waals surface area contributed by atoms with Gasteiger partial charge in [-0.05, 0) is 20.0 Å². The third-order valence-electron chi connectivity index (χ3n) is 2.33. The number of rotatable bonds is 3. The number of hydrogen-bond donors (Lipinski definition) is 1. The van der Waals surface area contributed by atoms with E-state index in [-0.39, 0.29) is 6.54 Å². The van der Waals surface area contributed by atoms with E-state index in [2.05, 4.69) is 11.8 Å². The summed E-state index contributed by atoms with van der Waals surface area (Å²) in [7, 11) is 0. The fourth-order valence-corrected chi connectivity index (χ4v) is 1.66. The van der Waals surface area contributed by atoms with Gasteiger partial charge in [0.05, 0.1) is 0 Å². The third-order valence-corrected chi connectivity index (χ3v) is 2.33. The largest absolute Gasteiger partial charge is 0.700 e. The monoisotopic (exact) mass is 200 g/mol. The fourth-order valence-electron chi connectivity index (χ4n) is 1.66. The molecule has 0 amide bonds. The van der Waals surface area contributed by atoms with E-state index in [1.54, 1.807) is 26.8 Å². The molecule has 0 atom stereocenters. The van der Waals surface area contributed by atoms with Crippen LogP contribution in [0.3, 0.4) is 0 Å². The van der Waals surface area contributed by atoms with Crippen molar-refractivity contribution in [2.45, 2.75) is 20.8 Å². The summed E-state index contributed by atoms with van der Waals surface area (Å²) in [5.41, 5.74) is 1.72. The maximum atomic E-state index is 13.6. The summed E-state index contributed by atoms with van der Waals surface area (Å²) in [6.07, 6.45) is 1.72. The van der Waals surface area contributed by atoms with Crippen molar-refractivity contribution in [3.63, 3.8) is 0 Å². The first kappa shape index (κ1) is 11.1. The Balaban J connectivity index is 3.02. The first-order valence-electron chi connectivity index (χ1n) is 4.67. The Morgan fingerprint density at radius 2 is 2.07 bits per heavy atom. The molecule has 1 aliphatic heterocycles. The molecule has 0 aromatic heterocycles. The number of halogens is 2. The molecule has 0 saturated carbocycles. The summed E-state index contributed by atoms with van der Waals surface area (Å²) in [5, 5.41) is 2.19. The minimum Gasteiger partial charge on any atom is -0.396 e. The first-order valence-corrected chi connectivity index (χ1v) is 4.67. The van der Waals surface area contributed by atoms with E-state index in [1.165, 1.54) is 0 Å². The number of allylic oxidation sites excluding steroid dienone is 2. The van der Waals surface area contributed by atoms with Gasteiger partial charge in [-0.25, -0.2) is 0 Å². The minimum atomic E-state index is -3.72. The van der Waals surface area contributed by atoms with E-state index in [0.717, 1.165) is 10.1 Å². The summed E-state index contributed by atoms with van der Waals surface area (Å²) in [6, 6.07) is 0. The van der Waals surface area contributed by atoms with E-state index in [4.69, 9.17) is 0 Å². The first-order chi connectivity index (χ1) is 6.40. The molecule has 5 heteroatoms. The van der Waals surface area contributed by atoms with Crippen LogP contribution in [0.1, 0.15) is 20.8 Å². The lowest BCUT2D eigenvalue weighted by atomic mass is 9.95.